The minimum Gasteiger partial charge on any atom is -0.334 e. The maximum absolute atomic E-state index is 13.4. The van der Waals surface area contributed by atoms with Crippen LogP contribution >= 0.6 is 0 Å². The first-order chi connectivity index (χ1) is 15.1. The predicted molar refractivity (Wildman–Crippen MR) is 123 cm³/mol. The van der Waals surface area contributed by atoms with Gasteiger partial charge in [-0.1, -0.05) is 43.5 Å². The number of halogens is 1. The number of hydrogen-bond donors (Lipinski definition) is 1. The lowest BCUT2D eigenvalue weighted by molar-refractivity contribution is -0.136. The molecule has 6 nitrogen and oxygen atoms in total. The Labute approximate surface area is 190 Å². The average Bonchev–Trinajstić information content (AvgIpc) is 2.78. The first-order valence-corrected chi connectivity index (χ1v) is 12.6. The fourth-order valence-corrected chi connectivity index (χ4v) is 4.75. The van der Waals surface area contributed by atoms with Crippen LogP contribution < -0.4 is 5.14 Å². The molecule has 0 spiro atoms. The third-order valence-electron chi connectivity index (χ3n) is 6.34. The fraction of sp³-hybridized carbons (Fsp3) is 0.458. The van der Waals surface area contributed by atoms with Gasteiger partial charge in [0.25, 0.3) is 0 Å². The van der Waals surface area contributed by atoms with E-state index >= 15 is 0 Å². The molecule has 2 aromatic rings. The van der Waals surface area contributed by atoms with Crippen LogP contribution in [0.3, 0.4) is 0 Å². The Bertz CT molecular complexity index is 1000. The number of rotatable bonds is 8. The van der Waals surface area contributed by atoms with Crippen LogP contribution in [0.5, 0.6) is 0 Å². The second-order valence-electron chi connectivity index (χ2n) is 8.65. The van der Waals surface area contributed by atoms with Gasteiger partial charge in [0.15, 0.2) is 0 Å². The van der Waals surface area contributed by atoms with E-state index in [4.69, 9.17) is 5.14 Å². The van der Waals surface area contributed by atoms with Crippen molar-refractivity contribution in [1.82, 2.24) is 9.80 Å². The number of likely N-dealkylation sites (N-methyl/N-ethyl adjacent to an activating group) is 1. The van der Waals surface area contributed by atoms with Crippen molar-refractivity contribution in [3.05, 3.63) is 65.5 Å². The highest BCUT2D eigenvalue weighted by Crippen LogP contribution is 2.26. The van der Waals surface area contributed by atoms with Gasteiger partial charge in [0, 0.05) is 18.6 Å². The molecule has 1 aliphatic carbocycles. The first-order valence-electron chi connectivity index (χ1n) is 11.0. The zero-order chi connectivity index (χ0) is 23.3. The molecular weight excluding hydrogens is 429 g/mol. The van der Waals surface area contributed by atoms with Gasteiger partial charge in [0.1, 0.15) is 5.82 Å². The minimum atomic E-state index is -3.74. The van der Waals surface area contributed by atoms with E-state index in [1.807, 2.05) is 23.8 Å². The normalized spacial score (nSPS) is 16.2. The van der Waals surface area contributed by atoms with Gasteiger partial charge in [0.2, 0.25) is 15.9 Å². The number of benzene rings is 2. The molecule has 3 rings (SSSR count). The molecule has 1 fully saturated rings. The van der Waals surface area contributed by atoms with Crippen molar-refractivity contribution in [2.75, 3.05) is 13.6 Å². The van der Waals surface area contributed by atoms with Gasteiger partial charge in [-0.2, -0.15) is 0 Å². The Morgan fingerprint density at radius 1 is 1.06 bits per heavy atom. The summed E-state index contributed by atoms with van der Waals surface area (Å²) in [6.07, 6.45) is 5.39. The SMILES string of the molecule is CC(c1ccc(S(N)(=O)=O)cc1)N(C)CC(=O)N(Cc1ccc(F)cc1)C1CCCCC1. The first kappa shape index (κ1) is 24.4. The maximum Gasteiger partial charge on any atom is 0.238 e. The quantitative estimate of drug-likeness (QED) is 0.648. The predicted octanol–water partition coefficient (Wildman–Crippen LogP) is 3.83. The van der Waals surface area contributed by atoms with Gasteiger partial charge < -0.3 is 4.90 Å². The molecule has 0 saturated heterocycles. The summed E-state index contributed by atoms with van der Waals surface area (Å²) in [6.45, 7) is 2.68. The molecule has 1 atom stereocenters. The molecule has 0 radical (unpaired) electrons. The van der Waals surface area contributed by atoms with E-state index in [-0.39, 0.29) is 35.2 Å². The van der Waals surface area contributed by atoms with Crippen molar-refractivity contribution in [3.63, 3.8) is 0 Å². The van der Waals surface area contributed by atoms with E-state index in [1.165, 1.54) is 30.7 Å². The van der Waals surface area contributed by atoms with Crippen LogP contribution in [0.4, 0.5) is 4.39 Å². The topological polar surface area (TPSA) is 83.7 Å². The molecule has 8 heteroatoms. The third-order valence-corrected chi connectivity index (χ3v) is 7.27. The number of carbonyl (C=O) groups is 1. The van der Waals surface area contributed by atoms with Crippen molar-refractivity contribution in [1.29, 1.82) is 0 Å². The van der Waals surface area contributed by atoms with Gasteiger partial charge in [-0.05, 0) is 62.2 Å². The summed E-state index contributed by atoms with van der Waals surface area (Å²) in [4.78, 5) is 17.3. The number of nitrogens with zero attached hydrogens (tertiary/aromatic N) is 2. The zero-order valence-corrected chi connectivity index (χ0v) is 19.5. The van der Waals surface area contributed by atoms with Gasteiger partial charge in [-0.3, -0.25) is 9.69 Å². The summed E-state index contributed by atoms with van der Waals surface area (Å²) in [7, 11) is -1.86. The number of hydrogen-bond acceptors (Lipinski definition) is 4. The fourth-order valence-electron chi connectivity index (χ4n) is 4.23. The van der Waals surface area contributed by atoms with Gasteiger partial charge in [-0.15, -0.1) is 0 Å². The molecule has 0 aliphatic heterocycles. The Morgan fingerprint density at radius 2 is 1.66 bits per heavy atom. The number of carbonyl (C=O) groups excluding carboxylic acids is 1. The molecule has 2 aromatic carbocycles. The Hall–Kier alpha value is -2.29. The third kappa shape index (κ3) is 6.37. The Balaban J connectivity index is 1.71. The second kappa shape index (κ2) is 10.6. The van der Waals surface area contributed by atoms with E-state index in [0.717, 1.165) is 36.8 Å². The summed E-state index contributed by atoms with van der Waals surface area (Å²) >= 11 is 0. The van der Waals surface area contributed by atoms with Crippen molar-refractivity contribution in [2.45, 2.75) is 62.6 Å². The summed E-state index contributed by atoms with van der Waals surface area (Å²) in [6, 6.07) is 12.9. The molecule has 1 unspecified atom stereocenters. The number of amides is 1. The summed E-state index contributed by atoms with van der Waals surface area (Å²) in [5.41, 5.74) is 1.81. The lowest BCUT2D eigenvalue weighted by atomic mass is 9.93. The Kier molecular flexibility index (Phi) is 8.03. The molecule has 0 bridgehead atoms. The number of nitrogens with two attached hydrogens (primary N) is 1. The lowest BCUT2D eigenvalue weighted by Crippen LogP contribution is -2.45. The van der Waals surface area contributed by atoms with Crippen molar-refractivity contribution < 1.29 is 17.6 Å². The smallest absolute Gasteiger partial charge is 0.238 e. The van der Waals surface area contributed by atoms with Crippen molar-refractivity contribution in [3.8, 4) is 0 Å². The van der Waals surface area contributed by atoms with E-state index in [1.54, 1.807) is 24.3 Å². The van der Waals surface area contributed by atoms with Crippen LogP contribution in [-0.4, -0.2) is 43.8 Å². The molecule has 1 saturated carbocycles. The zero-order valence-electron chi connectivity index (χ0n) is 18.7. The van der Waals surface area contributed by atoms with Crippen LogP contribution in [0.1, 0.15) is 56.2 Å². The Morgan fingerprint density at radius 3 is 2.22 bits per heavy atom. The van der Waals surface area contributed by atoms with Crippen molar-refractivity contribution >= 4 is 15.9 Å². The van der Waals surface area contributed by atoms with Gasteiger partial charge >= 0.3 is 0 Å². The van der Waals surface area contributed by atoms with Crippen LogP contribution in [-0.2, 0) is 21.4 Å². The van der Waals surface area contributed by atoms with Crippen LogP contribution in [0, 0.1) is 5.82 Å². The highest BCUT2D eigenvalue weighted by Gasteiger charge is 2.27. The average molecular weight is 462 g/mol. The number of primary sulfonamides is 1. The molecule has 174 valence electrons. The summed E-state index contributed by atoms with van der Waals surface area (Å²) in [5, 5.41) is 5.18. The van der Waals surface area contributed by atoms with Crippen molar-refractivity contribution in [2.24, 2.45) is 5.14 Å². The monoisotopic (exact) mass is 461 g/mol. The highest BCUT2D eigenvalue weighted by atomic mass is 32.2. The van der Waals surface area contributed by atoms with E-state index in [0.29, 0.717) is 6.54 Å². The molecule has 1 amide bonds. The van der Waals surface area contributed by atoms with Crippen LogP contribution in [0.25, 0.3) is 0 Å². The van der Waals surface area contributed by atoms with Crippen LogP contribution in [0.2, 0.25) is 0 Å². The lowest BCUT2D eigenvalue weighted by Gasteiger charge is -2.36. The molecule has 0 aromatic heterocycles. The second-order valence-corrected chi connectivity index (χ2v) is 10.2. The molecule has 32 heavy (non-hydrogen) atoms. The highest BCUT2D eigenvalue weighted by molar-refractivity contribution is 7.89. The van der Waals surface area contributed by atoms with Crippen LogP contribution in [0.15, 0.2) is 53.4 Å². The summed E-state index contributed by atoms with van der Waals surface area (Å²) < 4.78 is 36.3. The van der Waals surface area contributed by atoms with E-state index < -0.39 is 10.0 Å². The molecule has 0 heterocycles. The largest absolute Gasteiger partial charge is 0.334 e. The number of sulfonamides is 1. The van der Waals surface area contributed by atoms with Gasteiger partial charge in [0.05, 0.1) is 11.4 Å². The van der Waals surface area contributed by atoms with E-state index in [9.17, 15) is 17.6 Å². The van der Waals surface area contributed by atoms with E-state index in [2.05, 4.69) is 0 Å². The van der Waals surface area contributed by atoms with Gasteiger partial charge in [-0.25, -0.2) is 17.9 Å². The standard InChI is InChI=1S/C24H32FN3O3S/c1-18(20-10-14-23(15-11-20)32(26,30)31)27(2)17-24(29)28(22-6-4-3-5-7-22)16-19-8-12-21(25)13-9-19/h8-15,18,22H,3-7,16-17H2,1-2H3,(H2,26,30,31). The molecular formula is C24H32FN3O3S. The maximum atomic E-state index is 13.4. The summed E-state index contributed by atoms with van der Waals surface area (Å²) in [5.74, 6) is -0.247. The molecule has 1 aliphatic rings. The minimum absolute atomic E-state index is 0.0386. The molecule has 2 N–H and O–H groups in total.